The van der Waals surface area contributed by atoms with Crippen LogP contribution < -0.4 is 0 Å². The summed E-state index contributed by atoms with van der Waals surface area (Å²) in [6.45, 7) is 7.51. The fourth-order valence-electron chi connectivity index (χ4n) is 6.43. The number of aromatic nitrogens is 7. The van der Waals surface area contributed by atoms with E-state index in [-0.39, 0.29) is 6.04 Å². The number of pyridine rings is 1. The molecular weight excluding hydrogens is 490 g/mol. The summed E-state index contributed by atoms with van der Waals surface area (Å²) in [6, 6.07) is 12.9. The van der Waals surface area contributed by atoms with Crippen LogP contribution in [0, 0.1) is 12.8 Å². The molecule has 1 N–H and O–H groups in total. The summed E-state index contributed by atoms with van der Waals surface area (Å²) < 4.78 is 11.9. The lowest BCUT2D eigenvalue weighted by atomic mass is 9.86. The Bertz CT molecular complexity index is 1600. The zero-order valence-corrected chi connectivity index (χ0v) is 23.4. The molecule has 1 aliphatic heterocycles. The number of nitrogens with zero attached hydrogens (tertiary/aromatic N) is 7. The zero-order valence-electron chi connectivity index (χ0n) is 23.4. The van der Waals surface area contributed by atoms with E-state index in [4.69, 9.17) is 14.8 Å². The van der Waals surface area contributed by atoms with Gasteiger partial charge in [-0.25, -0.2) is 4.68 Å². The van der Waals surface area contributed by atoms with E-state index < -0.39 is 5.60 Å². The summed E-state index contributed by atoms with van der Waals surface area (Å²) in [5.41, 5.74) is 7.48. The van der Waals surface area contributed by atoms with Crippen LogP contribution in [0.25, 0.3) is 33.3 Å². The highest BCUT2D eigenvalue weighted by Gasteiger charge is 2.37. The number of rotatable bonds is 7. The molecule has 1 unspecified atom stereocenters. The molecule has 39 heavy (non-hydrogen) atoms. The van der Waals surface area contributed by atoms with Gasteiger partial charge in [-0.2, -0.15) is 5.10 Å². The number of ether oxygens (including phenoxy) is 1. The second-order valence-electron chi connectivity index (χ2n) is 10.8. The number of aryl methyl sites for hydroxylation is 3. The van der Waals surface area contributed by atoms with Crippen LogP contribution in [0.5, 0.6) is 0 Å². The predicted molar refractivity (Wildman–Crippen MR) is 151 cm³/mol. The number of fused-ring (bicyclic) bond motifs is 3. The molecule has 5 aromatic rings. The Morgan fingerprint density at radius 2 is 1.77 bits per heavy atom. The molecule has 9 nitrogen and oxygen atoms in total. The van der Waals surface area contributed by atoms with Crippen molar-refractivity contribution >= 4 is 22.1 Å². The molecule has 1 saturated heterocycles. The third-order valence-corrected chi connectivity index (χ3v) is 8.63. The monoisotopic (exact) mass is 527 g/mol. The van der Waals surface area contributed by atoms with E-state index in [1.807, 2.05) is 45.7 Å². The van der Waals surface area contributed by atoms with E-state index >= 15 is 0 Å². The lowest BCUT2D eigenvalue weighted by molar-refractivity contribution is 0.0242. The fraction of sp³-hybridized carbons (Fsp3) is 0.467. The van der Waals surface area contributed by atoms with Gasteiger partial charge in [0.1, 0.15) is 22.3 Å². The number of aliphatic hydroxyl groups is 1. The lowest BCUT2D eigenvalue weighted by Gasteiger charge is -2.33. The van der Waals surface area contributed by atoms with Crippen molar-refractivity contribution in [3.8, 4) is 11.3 Å². The van der Waals surface area contributed by atoms with Crippen LogP contribution >= 0.6 is 0 Å². The van der Waals surface area contributed by atoms with Gasteiger partial charge in [-0.05, 0) is 50.2 Å². The van der Waals surface area contributed by atoms with Gasteiger partial charge >= 0.3 is 0 Å². The number of benzene rings is 1. The van der Waals surface area contributed by atoms with Gasteiger partial charge in [0, 0.05) is 39.1 Å². The first-order valence-electron chi connectivity index (χ1n) is 14.0. The zero-order chi connectivity index (χ0) is 27.3. The summed E-state index contributed by atoms with van der Waals surface area (Å²) >= 11 is 0. The second-order valence-corrected chi connectivity index (χ2v) is 10.8. The van der Waals surface area contributed by atoms with Crippen LogP contribution in [0.4, 0.5) is 0 Å². The van der Waals surface area contributed by atoms with E-state index in [1.165, 1.54) is 5.56 Å². The van der Waals surface area contributed by atoms with Gasteiger partial charge in [0.05, 0.1) is 28.5 Å². The molecule has 0 radical (unpaired) electrons. The van der Waals surface area contributed by atoms with Crippen molar-refractivity contribution in [1.82, 2.24) is 34.3 Å². The predicted octanol–water partition coefficient (Wildman–Crippen LogP) is 5.05. The molecule has 1 atom stereocenters. The van der Waals surface area contributed by atoms with Crippen molar-refractivity contribution in [2.24, 2.45) is 20.0 Å². The Morgan fingerprint density at radius 1 is 1.05 bits per heavy atom. The Balaban J connectivity index is 1.74. The second kappa shape index (κ2) is 9.88. The van der Waals surface area contributed by atoms with Gasteiger partial charge in [0.25, 0.3) is 0 Å². The molecule has 0 bridgehead atoms. The molecule has 9 heteroatoms. The first kappa shape index (κ1) is 25.7. The summed E-state index contributed by atoms with van der Waals surface area (Å²) in [7, 11) is 3.87. The molecule has 0 saturated carbocycles. The topological polar surface area (TPSA) is 95.8 Å². The van der Waals surface area contributed by atoms with Crippen LogP contribution in [0.2, 0.25) is 0 Å². The molecule has 0 spiro atoms. The average molecular weight is 528 g/mol. The highest BCUT2D eigenvalue weighted by atomic mass is 16.5. The normalized spacial score (nSPS) is 15.9. The van der Waals surface area contributed by atoms with Crippen molar-refractivity contribution in [2.75, 3.05) is 13.2 Å². The van der Waals surface area contributed by atoms with E-state index in [9.17, 15) is 5.11 Å². The summed E-state index contributed by atoms with van der Waals surface area (Å²) in [5, 5.41) is 25.3. The largest absolute Gasteiger partial charge is 0.383 e. The first-order chi connectivity index (χ1) is 18.9. The minimum atomic E-state index is -1.05. The minimum Gasteiger partial charge on any atom is -0.383 e. The number of hydrogen-bond acceptors (Lipinski definition) is 6. The van der Waals surface area contributed by atoms with Crippen LogP contribution in [0.3, 0.4) is 0 Å². The number of hydrogen-bond donors (Lipinski definition) is 1. The quantitative estimate of drug-likeness (QED) is 0.318. The lowest BCUT2D eigenvalue weighted by Crippen LogP contribution is -2.29. The Morgan fingerprint density at radius 3 is 2.41 bits per heavy atom. The molecule has 1 fully saturated rings. The van der Waals surface area contributed by atoms with Gasteiger partial charge in [0.2, 0.25) is 0 Å². The molecule has 1 aliphatic rings. The highest BCUT2D eigenvalue weighted by Crippen LogP contribution is 2.44. The van der Waals surface area contributed by atoms with Crippen molar-refractivity contribution in [3.63, 3.8) is 0 Å². The Kier molecular flexibility index (Phi) is 6.51. The van der Waals surface area contributed by atoms with E-state index in [2.05, 4.69) is 51.3 Å². The average Bonchev–Trinajstić information content (AvgIpc) is 3.60. The van der Waals surface area contributed by atoms with Crippen LogP contribution in [0.15, 0.2) is 42.6 Å². The third-order valence-electron chi connectivity index (χ3n) is 8.63. The van der Waals surface area contributed by atoms with E-state index in [0.29, 0.717) is 18.8 Å². The molecule has 1 aromatic carbocycles. The Labute approximate surface area is 228 Å². The standard InChI is InChI=1S/C30H37N7O2/c1-6-30(38,7-2)29-28-27(35(4)33-29)24-23(17-22(18-31-24)25-19(3)32-34-36(25)5)37(28)26(20-11-9-8-10-12-20)21-13-15-39-16-14-21/h8-12,17-18,21,26,38H,6-7,13-16H2,1-5H3. The smallest absolute Gasteiger partial charge is 0.118 e. The maximum Gasteiger partial charge on any atom is 0.118 e. The summed E-state index contributed by atoms with van der Waals surface area (Å²) in [6.07, 6.45) is 4.97. The maximum atomic E-state index is 11.9. The summed E-state index contributed by atoms with van der Waals surface area (Å²) in [4.78, 5) is 5.04. The van der Waals surface area contributed by atoms with Crippen LogP contribution in [-0.4, -0.2) is 52.6 Å². The third kappa shape index (κ3) is 4.06. The molecule has 0 aliphatic carbocycles. The van der Waals surface area contributed by atoms with E-state index in [1.54, 1.807) is 4.68 Å². The Hall–Kier alpha value is -3.56. The van der Waals surface area contributed by atoms with Crippen LogP contribution in [-0.2, 0) is 24.4 Å². The van der Waals surface area contributed by atoms with Gasteiger partial charge in [-0.15, -0.1) is 5.10 Å². The molecule has 6 rings (SSSR count). The minimum absolute atomic E-state index is 0.0267. The van der Waals surface area contributed by atoms with Gasteiger partial charge < -0.3 is 14.4 Å². The van der Waals surface area contributed by atoms with Crippen molar-refractivity contribution in [3.05, 3.63) is 59.5 Å². The van der Waals surface area contributed by atoms with Crippen molar-refractivity contribution in [2.45, 2.75) is 58.1 Å². The fourth-order valence-corrected chi connectivity index (χ4v) is 6.43. The van der Waals surface area contributed by atoms with Gasteiger partial charge in [-0.1, -0.05) is 49.4 Å². The van der Waals surface area contributed by atoms with Crippen LogP contribution in [0.1, 0.15) is 62.5 Å². The van der Waals surface area contributed by atoms with Gasteiger partial charge in [0.15, 0.2) is 0 Å². The summed E-state index contributed by atoms with van der Waals surface area (Å²) in [5.74, 6) is 0.355. The molecular formula is C30H37N7O2. The molecule has 0 amide bonds. The van der Waals surface area contributed by atoms with Crippen molar-refractivity contribution in [1.29, 1.82) is 0 Å². The van der Waals surface area contributed by atoms with Gasteiger partial charge in [-0.3, -0.25) is 9.67 Å². The molecule has 5 heterocycles. The first-order valence-corrected chi connectivity index (χ1v) is 14.0. The SMILES string of the molecule is CCC(O)(CC)c1nn(C)c2c3ncc(-c4c(C)nnn4C)cc3n(C(c3ccccc3)C3CCOCC3)c12. The molecule has 4 aromatic heterocycles. The maximum absolute atomic E-state index is 11.9. The molecule has 204 valence electrons. The highest BCUT2D eigenvalue weighted by molar-refractivity contribution is 6.06. The van der Waals surface area contributed by atoms with E-state index in [0.717, 1.165) is 70.8 Å². The van der Waals surface area contributed by atoms with Crippen molar-refractivity contribution < 1.29 is 9.84 Å².